The number of amides is 1. The topological polar surface area (TPSA) is 72.3 Å². The minimum atomic E-state index is -3.06. The van der Waals surface area contributed by atoms with Crippen LogP contribution < -0.4 is 4.90 Å². The maximum absolute atomic E-state index is 12.8. The maximum Gasteiger partial charge on any atom is 0.237 e. The lowest BCUT2D eigenvalue weighted by atomic mass is 10.2. The van der Waals surface area contributed by atoms with Gasteiger partial charge in [-0.2, -0.15) is 0 Å². The Balaban J connectivity index is 1.79. The van der Waals surface area contributed by atoms with Crippen LogP contribution in [-0.2, 0) is 21.7 Å². The summed E-state index contributed by atoms with van der Waals surface area (Å²) >= 11 is 1.35. The van der Waals surface area contributed by atoms with Gasteiger partial charge in [-0.3, -0.25) is 4.79 Å². The predicted molar refractivity (Wildman–Crippen MR) is 94.9 cm³/mol. The zero-order chi connectivity index (χ0) is 17.2. The van der Waals surface area contributed by atoms with Crippen molar-refractivity contribution in [2.45, 2.75) is 17.6 Å². The monoisotopic (exact) mass is 365 g/mol. The van der Waals surface area contributed by atoms with E-state index in [4.69, 9.17) is 0 Å². The van der Waals surface area contributed by atoms with Crippen LogP contribution >= 0.6 is 11.8 Å². The molecule has 24 heavy (non-hydrogen) atoms. The van der Waals surface area contributed by atoms with Crippen molar-refractivity contribution in [1.82, 2.24) is 9.55 Å². The molecule has 2 aromatic rings. The number of carbonyl (C=O) groups is 1. The largest absolute Gasteiger partial charge is 0.329 e. The zero-order valence-corrected chi connectivity index (χ0v) is 15.0. The highest BCUT2D eigenvalue weighted by Gasteiger charge is 2.35. The van der Waals surface area contributed by atoms with Gasteiger partial charge in [0.05, 0.1) is 23.3 Å². The Hall–Kier alpha value is -1.80. The lowest BCUT2D eigenvalue weighted by Crippen LogP contribution is -2.42. The smallest absolute Gasteiger partial charge is 0.237 e. The number of carbonyl (C=O) groups excluding carboxylic acids is 1. The first-order chi connectivity index (χ1) is 11.5. The molecule has 0 saturated carbocycles. The fraction of sp³-hybridized carbons (Fsp3) is 0.375. The molecule has 0 spiro atoms. The van der Waals surface area contributed by atoms with Crippen LogP contribution in [0.2, 0.25) is 0 Å². The van der Waals surface area contributed by atoms with Crippen LogP contribution in [0.1, 0.15) is 6.42 Å². The van der Waals surface area contributed by atoms with E-state index in [0.717, 1.165) is 10.8 Å². The molecule has 1 fully saturated rings. The van der Waals surface area contributed by atoms with Crippen LogP contribution in [0.3, 0.4) is 0 Å². The summed E-state index contributed by atoms with van der Waals surface area (Å²) in [5.74, 6) is 0.286. The molecule has 1 saturated heterocycles. The molecule has 3 rings (SSSR count). The average molecular weight is 365 g/mol. The number of para-hydroxylation sites is 1. The van der Waals surface area contributed by atoms with Gasteiger partial charge in [0.15, 0.2) is 15.0 Å². The molecule has 1 amide bonds. The van der Waals surface area contributed by atoms with Gasteiger partial charge < -0.3 is 9.47 Å². The van der Waals surface area contributed by atoms with Crippen molar-refractivity contribution < 1.29 is 13.2 Å². The Morgan fingerprint density at radius 1 is 1.38 bits per heavy atom. The standard InChI is InChI=1S/C16H19N3O3S2/c1-18-9-8-17-16(18)23-11-15(20)19(13-5-3-2-4-6-13)14-7-10-24(21,22)12-14/h2-6,8-9,14H,7,10-12H2,1H3/t14-/m0/s1. The number of thioether (sulfide) groups is 1. The van der Waals surface area contributed by atoms with Gasteiger partial charge in [0.25, 0.3) is 0 Å². The molecule has 1 aromatic carbocycles. The molecule has 0 N–H and O–H groups in total. The quantitative estimate of drug-likeness (QED) is 0.755. The van der Waals surface area contributed by atoms with Crippen LogP contribution in [-0.4, -0.2) is 47.2 Å². The highest BCUT2D eigenvalue weighted by Crippen LogP contribution is 2.26. The summed E-state index contributed by atoms with van der Waals surface area (Å²) in [5.41, 5.74) is 0.741. The summed E-state index contributed by atoms with van der Waals surface area (Å²) in [6.07, 6.45) is 3.99. The van der Waals surface area contributed by atoms with Crippen LogP contribution in [0.25, 0.3) is 0 Å². The molecule has 1 aliphatic heterocycles. The lowest BCUT2D eigenvalue weighted by Gasteiger charge is -2.28. The third-order valence-electron chi connectivity index (χ3n) is 3.98. The second kappa shape index (κ2) is 6.98. The molecule has 1 atom stereocenters. The third kappa shape index (κ3) is 3.81. The lowest BCUT2D eigenvalue weighted by molar-refractivity contribution is -0.116. The second-order valence-electron chi connectivity index (χ2n) is 5.77. The molecule has 0 aliphatic carbocycles. The van der Waals surface area contributed by atoms with E-state index in [2.05, 4.69) is 4.98 Å². The normalized spacial score (nSPS) is 19.3. The number of aryl methyl sites for hydroxylation is 1. The highest BCUT2D eigenvalue weighted by atomic mass is 32.2. The number of imidazole rings is 1. The molecule has 1 aromatic heterocycles. The van der Waals surface area contributed by atoms with E-state index in [1.165, 1.54) is 11.8 Å². The number of hydrogen-bond donors (Lipinski definition) is 0. The number of rotatable bonds is 5. The van der Waals surface area contributed by atoms with E-state index >= 15 is 0 Å². The first kappa shape index (κ1) is 17.0. The van der Waals surface area contributed by atoms with Crippen LogP contribution in [0, 0.1) is 0 Å². The summed E-state index contributed by atoms with van der Waals surface area (Å²) in [7, 11) is -1.19. The van der Waals surface area contributed by atoms with Gasteiger partial charge in [0.1, 0.15) is 0 Å². The zero-order valence-electron chi connectivity index (χ0n) is 13.3. The van der Waals surface area contributed by atoms with Crippen molar-refractivity contribution in [1.29, 1.82) is 0 Å². The summed E-state index contributed by atoms with van der Waals surface area (Å²) in [5, 5.41) is 0.760. The SMILES string of the molecule is Cn1ccnc1SCC(=O)N(c1ccccc1)[C@H]1CCS(=O)(=O)C1. The van der Waals surface area contributed by atoms with E-state index in [-0.39, 0.29) is 29.2 Å². The molecular formula is C16H19N3O3S2. The minimum Gasteiger partial charge on any atom is -0.329 e. The number of benzene rings is 1. The van der Waals surface area contributed by atoms with E-state index in [9.17, 15) is 13.2 Å². The molecule has 128 valence electrons. The summed E-state index contributed by atoms with van der Waals surface area (Å²) in [4.78, 5) is 18.7. The van der Waals surface area contributed by atoms with Gasteiger partial charge in [-0.05, 0) is 18.6 Å². The minimum absolute atomic E-state index is 0.0285. The first-order valence-electron chi connectivity index (χ1n) is 7.64. The third-order valence-corrected chi connectivity index (χ3v) is 6.77. The fourth-order valence-electron chi connectivity index (χ4n) is 2.81. The summed E-state index contributed by atoms with van der Waals surface area (Å²) in [6, 6.07) is 8.96. The number of hydrogen-bond acceptors (Lipinski definition) is 5. The van der Waals surface area contributed by atoms with Gasteiger partial charge in [-0.1, -0.05) is 30.0 Å². The van der Waals surface area contributed by atoms with Gasteiger partial charge in [-0.15, -0.1) is 0 Å². The van der Waals surface area contributed by atoms with Gasteiger partial charge in [0, 0.05) is 25.1 Å². The van der Waals surface area contributed by atoms with Gasteiger partial charge >= 0.3 is 0 Å². The molecule has 8 heteroatoms. The number of sulfone groups is 1. The van der Waals surface area contributed by atoms with E-state index in [0.29, 0.717) is 6.42 Å². The van der Waals surface area contributed by atoms with Crippen LogP contribution in [0.4, 0.5) is 5.69 Å². The van der Waals surface area contributed by atoms with Crippen molar-refractivity contribution in [2.24, 2.45) is 7.05 Å². The predicted octanol–water partition coefficient (Wildman–Crippen LogP) is 1.73. The van der Waals surface area contributed by atoms with Crippen molar-refractivity contribution in [3.05, 3.63) is 42.7 Å². The summed E-state index contributed by atoms with van der Waals surface area (Å²) < 4.78 is 25.5. The maximum atomic E-state index is 12.8. The molecule has 0 radical (unpaired) electrons. The van der Waals surface area contributed by atoms with Gasteiger partial charge in [0.2, 0.25) is 5.91 Å². The van der Waals surface area contributed by atoms with Crippen molar-refractivity contribution in [2.75, 3.05) is 22.2 Å². The van der Waals surface area contributed by atoms with Crippen molar-refractivity contribution >= 4 is 33.2 Å². The number of aromatic nitrogens is 2. The molecule has 6 nitrogen and oxygen atoms in total. The fourth-order valence-corrected chi connectivity index (χ4v) is 5.30. The van der Waals surface area contributed by atoms with Crippen molar-refractivity contribution in [3.63, 3.8) is 0 Å². The average Bonchev–Trinajstić information content (AvgIpc) is 3.12. The Kier molecular flexibility index (Phi) is 4.96. The summed E-state index contributed by atoms with van der Waals surface area (Å²) in [6.45, 7) is 0. The van der Waals surface area contributed by atoms with Crippen LogP contribution in [0.5, 0.6) is 0 Å². The van der Waals surface area contributed by atoms with E-state index < -0.39 is 9.84 Å². The van der Waals surface area contributed by atoms with Crippen molar-refractivity contribution in [3.8, 4) is 0 Å². The molecular weight excluding hydrogens is 346 g/mol. The Morgan fingerprint density at radius 2 is 2.12 bits per heavy atom. The molecule has 0 bridgehead atoms. The highest BCUT2D eigenvalue weighted by molar-refractivity contribution is 7.99. The second-order valence-corrected chi connectivity index (χ2v) is 8.94. The van der Waals surface area contributed by atoms with E-state index in [1.54, 1.807) is 11.1 Å². The Labute approximate surface area is 145 Å². The first-order valence-corrected chi connectivity index (χ1v) is 10.4. The molecule has 1 aliphatic rings. The Bertz CT molecular complexity index is 818. The number of anilines is 1. The van der Waals surface area contributed by atoms with Crippen LogP contribution in [0.15, 0.2) is 47.9 Å². The molecule has 2 heterocycles. The molecule has 0 unspecified atom stereocenters. The Morgan fingerprint density at radius 3 is 2.71 bits per heavy atom. The number of nitrogens with zero attached hydrogens (tertiary/aromatic N) is 3. The van der Waals surface area contributed by atoms with E-state index in [1.807, 2.05) is 48.1 Å². The van der Waals surface area contributed by atoms with Gasteiger partial charge in [-0.25, -0.2) is 13.4 Å².